The van der Waals surface area contributed by atoms with Crippen LogP contribution in [0.3, 0.4) is 0 Å². The van der Waals surface area contributed by atoms with Gasteiger partial charge in [-0.05, 0) is 64.2 Å². The number of carbonyl (C=O) groups is 2. The van der Waals surface area contributed by atoms with E-state index in [2.05, 4.69) is 56.6 Å². The zero-order valence-corrected chi connectivity index (χ0v) is 27.8. The smallest absolute Gasteiger partial charge is 0.226 e. The third kappa shape index (κ3) is 38.4. The molecule has 0 radical (unpaired) electrons. The highest BCUT2D eigenvalue weighted by Gasteiger charge is 2.07. The zero-order valence-electron chi connectivity index (χ0n) is 27.8. The van der Waals surface area contributed by atoms with Gasteiger partial charge in [-0.15, -0.1) is 13.2 Å². The molecule has 0 aliphatic heterocycles. The lowest BCUT2D eigenvalue weighted by atomic mass is 10.1. The van der Waals surface area contributed by atoms with Crippen molar-refractivity contribution in [2.75, 3.05) is 0 Å². The van der Waals surface area contributed by atoms with Gasteiger partial charge in [-0.2, -0.15) is 0 Å². The monoisotopic (exact) mass is 574 g/mol. The SMILES string of the molecule is C=C.CCCCCCCCC=CCCCCCCCC(=O)NC(=O)CCCCCCCC=CCCCCCCCC. The predicted molar refractivity (Wildman–Crippen MR) is 183 cm³/mol. The van der Waals surface area contributed by atoms with Crippen molar-refractivity contribution in [3.05, 3.63) is 37.5 Å². The molecule has 0 aromatic rings. The first-order valence-electron chi connectivity index (χ1n) is 17.8. The summed E-state index contributed by atoms with van der Waals surface area (Å²) in [5, 5.41) is 2.58. The summed E-state index contributed by atoms with van der Waals surface area (Å²) in [5.41, 5.74) is 0. The molecule has 3 nitrogen and oxygen atoms in total. The largest absolute Gasteiger partial charge is 0.296 e. The Morgan fingerprint density at radius 2 is 0.659 bits per heavy atom. The molecule has 0 heterocycles. The van der Waals surface area contributed by atoms with E-state index in [9.17, 15) is 9.59 Å². The van der Waals surface area contributed by atoms with Gasteiger partial charge in [-0.3, -0.25) is 14.9 Å². The quantitative estimate of drug-likeness (QED) is 0.0686. The van der Waals surface area contributed by atoms with Crippen LogP contribution in [0.5, 0.6) is 0 Å². The van der Waals surface area contributed by atoms with Crippen molar-refractivity contribution in [3.63, 3.8) is 0 Å². The fraction of sp³-hybridized carbons (Fsp3) is 0.789. The van der Waals surface area contributed by atoms with Crippen molar-refractivity contribution in [3.8, 4) is 0 Å². The number of amides is 2. The Morgan fingerprint density at radius 1 is 0.415 bits per heavy atom. The summed E-state index contributed by atoms with van der Waals surface area (Å²) in [5.74, 6) is -0.184. The van der Waals surface area contributed by atoms with Gasteiger partial charge in [0.25, 0.3) is 0 Å². The van der Waals surface area contributed by atoms with Crippen LogP contribution in [-0.2, 0) is 9.59 Å². The van der Waals surface area contributed by atoms with Crippen molar-refractivity contribution < 1.29 is 9.59 Å². The molecular weight excluding hydrogens is 502 g/mol. The van der Waals surface area contributed by atoms with Crippen LogP contribution in [0.1, 0.15) is 194 Å². The summed E-state index contributed by atoms with van der Waals surface area (Å²) in [6.45, 7) is 10.5. The average Bonchev–Trinajstić information content (AvgIpc) is 2.98. The molecule has 1 N–H and O–H groups in total. The second-order valence-electron chi connectivity index (χ2n) is 11.6. The van der Waals surface area contributed by atoms with Crippen LogP contribution in [0, 0.1) is 0 Å². The van der Waals surface area contributed by atoms with Crippen LogP contribution >= 0.6 is 0 Å². The van der Waals surface area contributed by atoms with E-state index in [0.29, 0.717) is 12.8 Å². The Hall–Kier alpha value is -1.64. The average molecular weight is 574 g/mol. The van der Waals surface area contributed by atoms with Gasteiger partial charge in [0.05, 0.1) is 0 Å². The Bertz CT molecular complexity index is 545. The van der Waals surface area contributed by atoms with Gasteiger partial charge >= 0.3 is 0 Å². The summed E-state index contributed by atoms with van der Waals surface area (Å²) in [6, 6.07) is 0. The third-order valence-electron chi connectivity index (χ3n) is 7.61. The molecule has 2 amide bonds. The second kappa shape index (κ2) is 38.4. The topological polar surface area (TPSA) is 46.2 Å². The molecule has 3 heteroatoms. The van der Waals surface area contributed by atoms with E-state index < -0.39 is 0 Å². The van der Waals surface area contributed by atoms with E-state index in [0.717, 1.165) is 25.7 Å². The highest BCUT2D eigenvalue weighted by atomic mass is 16.2. The maximum Gasteiger partial charge on any atom is 0.226 e. The van der Waals surface area contributed by atoms with Gasteiger partial charge < -0.3 is 0 Å². The van der Waals surface area contributed by atoms with Crippen molar-refractivity contribution >= 4 is 11.8 Å². The zero-order chi connectivity index (χ0) is 30.5. The van der Waals surface area contributed by atoms with E-state index in [1.165, 1.54) is 141 Å². The number of carbonyl (C=O) groups excluding carboxylic acids is 2. The first kappa shape index (κ1) is 41.5. The van der Waals surface area contributed by atoms with Gasteiger partial charge in [-0.25, -0.2) is 0 Å². The summed E-state index contributed by atoms with van der Waals surface area (Å²) >= 11 is 0. The van der Waals surface area contributed by atoms with Crippen molar-refractivity contribution in [2.24, 2.45) is 0 Å². The second-order valence-corrected chi connectivity index (χ2v) is 11.6. The van der Waals surface area contributed by atoms with Crippen molar-refractivity contribution in [2.45, 2.75) is 194 Å². The number of hydrogen-bond donors (Lipinski definition) is 1. The Morgan fingerprint density at radius 3 is 0.951 bits per heavy atom. The Kier molecular flexibility index (Phi) is 38.8. The van der Waals surface area contributed by atoms with Gasteiger partial charge in [0.1, 0.15) is 0 Å². The Balaban J connectivity index is 0. The predicted octanol–water partition coefficient (Wildman–Crippen LogP) is 12.5. The molecule has 240 valence electrons. The van der Waals surface area contributed by atoms with Crippen LogP contribution in [0.2, 0.25) is 0 Å². The van der Waals surface area contributed by atoms with Crippen LogP contribution in [0.4, 0.5) is 0 Å². The molecule has 0 aliphatic carbocycles. The van der Waals surface area contributed by atoms with Gasteiger partial charge in [0, 0.05) is 12.8 Å². The van der Waals surface area contributed by atoms with E-state index in [-0.39, 0.29) is 11.8 Å². The molecule has 0 aliphatic rings. The lowest BCUT2D eigenvalue weighted by Crippen LogP contribution is -2.29. The minimum Gasteiger partial charge on any atom is -0.296 e. The molecule has 0 saturated heterocycles. The third-order valence-corrected chi connectivity index (χ3v) is 7.61. The highest BCUT2D eigenvalue weighted by Crippen LogP contribution is 2.12. The molecule has 41 heavy (non-hydrogen) atoms. The lowest BCUT2D eigenvalue weighted by molar-refractivity contribution is -0.130. The molecule has 0 aromatic heterocycles. The number of imide groups is 1. The fourth-order valence-electron chi connectivity index (χ4n) is 4.99. The van der Waals surface area contributed by atoms with E-state index in [1.54, 1.807) is 0 Å². The standard InChI is InChI=1S/C36H67NO2.C2H4/c1-3-5-7-9-11-13-15-17-19-21-23-25-27-29-31-33-35(38)37-36(39)34-32-30-28-26-24-22-20-18-16-14-12-10-8-6-4-2;1-2/h17-20H,3-16,21-34H2,1-2H3,(H,37,38,39);1-2H2. The number of unbranched alkanes of at least 4 members (excludes halogenated alkanes) is 22. The summed E-state index contributed by atoms with van der Waals surface area (Å²) in [4.78, 5) is 24.0. The summed E-state index contributed by atoms with van der Waals surface area (Å²) in [6.07, 6.45) is 42.9. The summed E-state index contributed by atoms with van der Waals surface area (Å²) < 4.78 is 0. The molecule has 0 saturated carbocycles. The maximum absolute atomic E-state index is 12.0. The first-order valence-corrected chi connectivity index (χ1v) is 17.8. The van der Waals surface area contributed by atoms with Crippen LogP contribution < -0.4 is 5.32 Å². The first-order chi connectivity index (χ1) is 20.2. The molecular formula is C38H71NO2. The molecule has 0 fully saturated rings. The van der Waals surface area contributed by atoms with Gasteiger partial charge in [0.15, 0.2) is 0 Å². The van der Waals surface area contributed by atoms with Crippen LogP contribution in [0.25, 0.3) is 0 Å². The molecule has 0 bridgehead atoms. The molecule has 0 aromatic carbocycles. The van der Waals surface area contributed by atoms with E-state index in [4.69, 9.17) is 0 Å². The number of allylic oxidation sites excluding steroid dienone is 4. The van der Waals surface area contributed by atoms with E-state index >= 15 is 0 Å². The molecule has 0 atom stereocenters. The highest BCUT2D eigenvalue weighted by molar-refractivity contribution is 5.95. The minimum absolute atomic E-state index is 0.0922. The van der Waals surface area contributed by atoms with Crippen LogP contribution in [-0.4, -0.2) is 11.8 Å². The van der Waals surface area contributed by atoms with Crippen molar-refractivity contribution in [1.82, 2.24) is 5.32 Å². The van der Waals surface area contributed by atoms with Crippen LogP contribution in [0.15, 0.2) is 37.5 Å². The minimum atomic E-state index is -0.0922. The lowest BCUT2D eigenvalue weighted by Gasteiger charge is -2.05. The number of rotatable bonds is 30. The van der Waals surface area contributed by atoms with E-state index in [1.807, 2.05) is 0 Å². The summed E-state index contributed by atoms with van der Waals surface area (Å²) in [7, 11) is 0. The molecule has 0 unspecified atom stereocenters. The molecule has 0 spiro atoms. The number of hydrogen-bond acceptors (Lipinski definition) is 2. The Labute approximate surface area is 257 Å². The van der Waals surface area contributed by atoms with Crippen molar-refractivity contribution in [1.29, 1.82) is 0 Å². The maximum atomic E-state index is 12.0. The molecule has 0 rings (SSSR count). The fourth-order valence-corrected chi connectivity index (χ4v) is 4.99. The van der Waals surface area contributed by atoms with Gasteiger partial charge in [-0.1, -0.05) is 141 Å². The van der Waals surface area contributed by atoms with Gasteiger partial charge in [0.2, 0.25) is 11.8 Å². The normalized spacial score (nSPS) is 11.2. The number of nitrogens with one attached hydrogen (secondary N) is 1.